The van der Waals surface area contributed by atoms with E-state index in [2.05, 4.69) is 4.18 Å². The minimum atomic E-state index is -7.41. The lowest BCUT2D eigenvalue weighted by Crippen LogP contribution is -2.63. The number of halogens is 9. The molecule has 0 bridgehead atoms. The summed E-state index contributed by atoms with van der Waals surface area (Å²) in [6.45, 7) is 0.281. The van der Waals surface area contributed by atoms with Crippen molar-refractivity contribution in [3.8, 4) is 0 Å². The first kappa shape index (κ1) is 25.6. The Morgan fingerprint density at radius 2 is 1.58 bits per heavy atom. The molecule has 1 aromatic carbocycles. The van der Waals surface area contributed by atoms with Gasteiger partial charge in [-0.25, -0.2) is 0 Å². The first-order valence-corrected chi connectivity index (χ1v) is 10.7. The highest BCUT2D eigenvalue weighted by molar-refractivity contribution is 7.87. The topological polar surface area (TPSA) is 63.7 Å². The van der Waals surface area contributed by atoms with Crippen molar-refractivity contribution in [2.75, 3.05) is 18.5 Å². The van der Waals surface area contributed by atoms with Crippen LogP contribution in [-0.2, 0) is 24.5 Å². The fourth-order valence-electron chi connectivity index (χ4n) is 4.18. The molecule has 15 heteroatoms. The smallest absolute Gasteiger partial charge is 0.373 e. The summed E-state index contributed by atoms with van der Waals surface area (Å²) < 4.78 is 145. The fourth-order valence-corrected chi connectivity index (χ4v) is 5.25. The van der Waals surface area contributed by atoms with Crippen molar-refractivity contribution in [1.82, 2.24) is 0 Å². The summed E-state index contributed by atoms with van der Waals surface area (Å²) in [6, 6.07) is 6.82. The number of carbonyl (C=O) groups is 1. The summed E-state index contributed by atoms with van der Waals surface area (Å²) >= 11 is 0. The van der Waals surface area contributed by atoms with Crippen molar-refractivity contribution in [2.24, 2.45) is 0 Å². The van der Waals surface area contributed by atoms with Gasteiger partial charge in [0.15, 0.2) is 5.78 Å². The lowest BCUT2D eigenvalue weighted by Gasteiger charge is -2.37. The highest BCUT2D eigenvalue weighted by Gasteiger charge is 2.86. The molecule has 2 unspecified atom stereocenters. The molecular weight excluding hydrogens is 497 g/mol. The predicted octanol–water partition coefficient (Wildman–Crippen LogP) is 4.27. The Morgan fingerprint density at radius 3 is 2.12 bits per heavy atom. The molecule has 33 heavy (non-hydrogen) atoms. The lowest BCUT2D eigenvalue weighted by atomic mass is 9.69. The van der Waals surface area contributed by atoms with Gasteiger partial charge in [-0.1, -0.05) is 18.2 Å². The second-order valence-electron chi connectivity index (χ2n) is 8.04. The number of hydrogen-bond donors (Lipinski definition) is 0. The van der Waals surface area contributed by atoms with E-state index in [-0.39, 0.29) is 13.0 Å². The molecule has 1 heterocycles. The number of para-hydroxylation sites is 1. The Hall–Kier alpha value is -2.03. The number of hydrogen-bond acceptors (Lipinski definition) is 5. The van der Waals surface area contributed by atoms with Crippen LogP contribution in [0.1, 0.15) is 24.8 Å². The largest absolute Gasteiger partial charge is 0.460 e. The van der Waals surface area contributed by atoms with Crippen molar-refractivity contribution in [2.45, 2.75) is 54.1 Å². The molecule has 1 aromatic rings. The number of fused-ring (bicyclic) bond motifs is 2. The summed E-state index contributed by atoms with van der Waals surface area (Å²) in [5, 5.41) is -6.99. The molecule has 0 aromatic heterocycles. The summed E-state index contributed by atoms with van der Waals surface area (Å²) in [5.74, 6) is -15.9. The van der Waals surface area contributed by atoms with E-state index in [0.29, 0.717) is 5.56 Å². The molecule has 186 valence electrons. The number of Topliss-reactive ketones (excluding diaryl/α,β-unsaturated/α-hetero) is 1. The van der Waals surface area contributed by atoms with Gasteiger partial charge < -0.3 is 4.90 Å². The number of alkyl halides is 9. The van der Waals surface area contributed by atoms with Gasteiger partial charge in [-0.15, -0.1) is 0 Å². The molecule has 1 aliphatic carbocycles. The summed E-state index contributed by atoms with van der Waals surface area (Å²) in [7, 11) is -5.39. The van der Waals surface area contributed by atoms with Gasteiger partial charge in [0, 0.05) is 31.1 Å². The van der Waals surface area contributed by atoms with Gasteiger partial charge >= 0.3 is 33.4 Å². The van der Waals surface area contributed by atoms with Crippen LogP contribution in [0.2, 0.25) is 0 Å². The lowest BCUT2D eigenvalue weighted by molar-refractivity contribution is -0.382. The SMILES string of the molecule is CN1CC2(CCC(OS(=O)(=O)C(F)(F)C(F)(F)C(F)(F)C(F)(F)F)C(=O)C2)c2ccccc21. The maximum Gasteiger partial charge on any atom is 0.460 e. The van der Waals surface area contributed by atoms with Crippen LogP contribution in [0.4, 0.5) is 45.2 Å². The van der Waals surface area contributed by atoms with E-state index in [1.165, 1.54) is 0 Å². The Balaban J connectivity index is 1.84. The van der Waals surface area contributed by atoms with E-state index in [1.807, 2.05) is 0 Å². The molecule has 0 saturated heterocycles. The molecule has 1 fully saturated rings. The van der Waals surface area contributed by atoms with Crippen LogP contribution in [0.5, 0.6) is 0 Å². The molecule has 1 aliphatic heterocycles. The maximum atomic E-state index is 13.9. The van der Waals surface area contributed by atoms with Crippen LogP contribution < -0.4 is 4.90 Å². The number of rotatable bonds is 5. The standard InChI is InChI=1S/C18H16F9NO4S/c1-28-9-14(10-4-2-3-5-11(10)28)7-6-13(12(29)8-14)32-33(30,31)18(26,27)16(21,22)15(19,20)17(23,24)25/h2-5,13H,6-9H2,1H3. The van der Waals surface area contributed by atoms with Crippen molar-refractivity contribution in [1.29, 1.82) is 0 Å². The number of anilines is 1. The fraction of sp³-hybridized carbons (Fsp3) is 0.611. The monoisotopic (exact) mass is 513 g/mol. The molecule has 0 radical (unpaired) electrons. The molecule has 1 saturated carbocycles. The van der Waals surface area contributed by atoms with Crippen molar-refractivity contribution < 1.29 is 56.9 Å². The molecule has 2 aliphatic rings. The Bertz CT molecular complexity index is 1060. The summed E-state index contributed by atoms with van der Waals surface area (Å²) in [5.41, 5.74) is 0.587. The normalized spacial score (nSPS) is 25.0. The van der Waals surface area contributed by atoms with Crippen LogP contribution in [0, 0.1) is 0 Å². The first-order valence-electron chi connectivity index (χ1n) is 9.27. The second-order valence-corrected chi connectivity index (χ2v) is 9.65. The minimum Gasteiger partial charge on any atom is -0.373 e. The van der Waals surface area contributed by atoms with E-state index in [0.717, 1.165) is 5.69 Å². The van der Waals surface area contributed by atoms with Crippen LogP contribution >= 0.6 is 0 Å². The zero-order chi connectivity index (χ0) is 25.3. The van der Waals surface area contributed by atoms with Crippen molar-refractivity contribution >= 4 is 21.6 Å². The minimum absolute atomic E-state index is 0.0268. The average molecular weight is 513 g/mol. The van der Waals surface area contributed by atoms with E-state index in [9.17, 15) is 52.7 Å². The summed E-state index contributed by atoms with van der Waals surface area (Å²) in [6.07, 6.45) is -10.5. The second kappa shape index (κ2) is 7.48. The molecule has 3 rings (SSSR count). The van der Waals surface area contributed by atoms with Crippen LogP contribution in [0.3, 0.4) is 0 Å². The van der Waals surface area contributed by atoms with Crippen molar-refractivity contribution in [3.63, 3.8) is 0 Å². The number of benzene rings is 1. The quantitative estimate of drug-likeness (QED) is 0.435. The molecule has 5 nitrogen and oxygen atoms in total. The number of likely N-dealkylation sites (N-methyl/N-ethyl adjacent to an activating group) is 1. The third kappa shape index (κ3) is 3.67. The van der Waals surface area contributed by atoms with Gasteiger partial charge in [-0.05, 0) is 24.5 Å². The average Bonchev–Trinajstić information content (AvgIpc) is 2.94. The van der Waals surface area contributed by atoms with Gasteiger partial charge in [-0.3, -0.25) is 8.98 Å². The highest BCUT2D eigenvalue weighted by atomic mass is 32.2. The third-order valence-corrected chi connectivity index (χ3v) is 7.23. The molecule has 0 amide bonds. The van der Waals surface area contributed by atoms with Crippen LogP contribution in [0.25, 0.3) is 0 Å². The Kier molecular flexibility index (Phi) is 5.80. The first-order chi connectivity index (χ1) is 14.8. The van der Waals surface area contributed by atoms with E-state index >= 15 is 0 Å². The zero-order valence-corrected chi connectivity index (χ0v) is 17.4. The van der Waals surface area contributed by atoms with Gasteiger partial charge in [0.05, 0.1) is 0 Å². The number of nitrogens with zero attached hydrogens (tertiary/aromatic N) is 1. The van der Waals surface area contributed by atoms with Gasteiger partial charge in [0.2, 0.25) is 0 Å². The van der Waals surface area contributed by atoms with Crippen LogP contribution in [-0.4, -0.2) is 57.2 Å². The maximum absolute atomic E-state index is 13.9. The van der Waals surface area contributed by atoms with E-state index < -0.39 is 63.5 Å². The third-order valence-electron chi connectivity index (χ3n) is 5.86. The van der Waals surface area contributed by atoms with Gasteiger partial charge in [0.1, 0.15) is 6.10 Å². The predicted molar refractivity (Wildman–Crippen MR) is 94.9 cm³/mol. The molecule has 0 N–H and O–H groups in total. The molecule has 2 atom stereocenters. The van der Waals surface area contributed by atoms with Gasteiger partial charge in [0.25, 0.3) is 0 Å². The van der Waals surface area contributed by atoms with Gasteiger partial charge in [-0.2, -0.15) is 47.9 Å². The molecule has 1 spiro atoms. The van der Waals surface area contributed by atoms with E-state index in [4.69, 9.17) is 0 Å². The molecular formula is C18H16F9NO4S. The Morgan fingerprint density at radius 1 is 1.00 bits per heavy atom. The van der Waals surface area contributed by atoms with Crippen molar-refractivity contribution in [3.05, 3.63) is 29.8 Å². The van der Waals surface area contributed by atoms with E-state index in [1.54, 1.807) is 36.2 Å². The zero-order valence-electron chi connectivity index (χ0n) is 16.6. The Labute approximate surface area is 181 Å². The number of ketones is 1. The summed E-state index contributed by atoms with van der Waals surface area (Å²) in [4.78, 5) is 14.3. The number of carbonyl (C=O) groups excluding carboxylic acids is 1. The van der Waals surface area contributed by atoms with Crippen LogP contribution in [0.15, 0.2) is 24.3 Å². The highest BCUT2D eigenvalue weighted by Crippen LogP contribution is 2.55.